The third-order valence-corrected chi connectivity index (χ3v) is 5.86. The van der Waals surface area contributed by atoms with Crippen LogP contribution in [-0.2, 0) is 4.74 Å². The fourth-order valence-corrected chi connectivity index (χ4v) is 4.13. The quantitative estimate of drug-likeness (QED) is 0.549. The Morgan fingerprint density at radius 3 is 2.57 bits per heavy atom. The van der Waals surface area contributed by atoms with E-state index in [-0.39, 0.29) is 23.5 Å². The zero-order valence-electron chi connectivity index (χ0n) is 19.9. The number of rotatable bonds is 7. The number of carbonyl (C=O) groups is 1. The number of methoxy groups -OCH3 is 2. The molecule has 10 heteroatoms. The molecule has 0 unspecified atom stereocenters. The number of piperazine rings is 1. The Balaban J connectivity index is 1.52. The second kappa shape index (κ2) is 10.6. The van der Waals surface area contributed by atoms with Gasteiger partial charge in [-0.1, -0.05) is 0 Å². The summed E-state index contributed by atoms with van der Waals surface area (Å²) >= 11 is 0. The summed E-state index contributed by atoms with van der Waals surface area (Å²) < 4.78 is 29.8. The number of nitrogens with zero attached hydrogens (tertiary/aromatic N) is 4. The summed E-state index contributed by atoms with van der Waals surface area (Å²) in [6, 6.07) is 8.79. The smallest absolute Gasteiger partial charge is 0.273 e. The zero-order valence-corrected chi connectivity index (χ0v) is 19.9. The van der Waals surface area contributed by atoms with Crippen molar-refractivity contribution in [1.82, 2.24) is 14.9 Å². The molecule has 9 nitrogen and oxygen atoms in total. The Hall–Kier alpha value is -3.92. The Kier molecular flexibility index (Phi) is 7.31. The van der Waals surface area contributed by atoms with Crippen LogP contribution in [0.2, 0.25) is 0 Å². The summed E-state index contributed by atoms with van der Waals surface area (Å²) in [4.78, 5) is 25.9. The highest BCUT2D eigenvalue weighted by atomic mass is 19.1. The number of nitrogen functional groups attached to an aromatic ring is 1. The number of pyridine rings is 2. The van der Waals surface area contributed by atoms with Crippen molar-refractivity contribution in [2.24, 2.45) is 0 Å². The van der Waals surface area contributed by atoms with Crippen LogP contribution in [-0.4, -0.2) is 67.3 Å². The Morgan fingerprint density at radius 1 is 1.11 bits per heavy atom. The summed E-state index contributed by atoms with van der Waals surface area (Å²) in [6.07, 6.45) is 3.19. The zero-order chi connectivity index (χ0) is 24.9. The van der Waals surface area contributed by atoms with Gasteiger partial charge in [-0.15, -0.1) is 0 Å². The second-order valence-electron chi connectivity index (χ2n) is 8.23. The monoisotopic (exact) mass is 481 g/mol. The average Bonchev–Trinajstić information content (AvgIpc) is 2.85. The van der Waals surface area contributed by atoms with Crippen LogP contribution in [0.15, 0.2) is 48.8 Å². The predicted molar refractivity (Wildman–Crippen MR) is 130 cm³/mol. The van der Waals surface area contributed by atoms with Crippen LogP contribution in [0.1, 0.15) is 16.1 Å². The van der Waals surface area contributed by atoms with Crippen LogP contribution in [0.5, 0.6) is 17.2 Å². The summed E-state index contributed by atoms with van der Waals surface area (Å²) in [5.74, 6) is 0.968. The largest absolute Gasteiger partial charge is 0.493 e. The fraction of sp³-hybridized carbons (Fsp3) is 0.320. The molecule has 0 saturated carbocycles. The van der Waals surface area contributed by atoms with Gasteiger partial charge in [0, 0.05) is 32.8 Å². The van der Waals surface area contributed by atoms with Crippen LogP contribution in [0, 0.1) is 12.7 Å². The van der Waals surface area contributed by atoms with Crippen LogP contribution < -0.4 is 20.1 Å². The van der Waals surface area contributed by atoms with Gasteiger partial charge in [-0.3, -0.25) is 4.79 Å². The molecule has 0 radical (unpaired) electrons. The first kappa shape index (κ1) is 24.2. The predicted octanol–water partition coefficient (Wildman–Crippen LogP) is 3.28. The molecule has 2 aromatic heterocycles. The topological polar surface area (TPSA) is 103 Å². The Labute approximate surface area is 203 Å². The lowest BCUT2D eigenvalue weighted by Crippen LogP contribution is -2.57. The highest BCUT2D eigenvalue weighted by Crippen LogP contribution is 2.32. The highest BCUT2D eigenvalue weighted by Gasteiger charge is 2.32. The first-order valence-corrected chi connectivity index (χ1v) is 11.1. The first-order valence-electron chi connectivity index (χ1n) is 11.1. The molecule has 4 rings (SSSR count). The van der Waals surface area contributed by atoms with E-state index >= 15 is 0 Å². The summed E-state index contributed by atoms with van der Waals surface area (Å²) in [6.45, 7) is 4.04. The molecule has 1 saturated heterocycles. The summed E-state index contributed by atoms with van der Waals surface area (Å²) in [7, 11) is 3.09. The van der Waals surface area contributed by atoms with Gasteiger partial charge in [-0.2, -0.15) is 0 Å². The SMILES string of the molecule is COC[C@H]1CN(c2cnc(N)cc2C)CCN1C(=O)c1cc(OC)c(Oc2ccc(F)cc2)cn1. The number of ether oxygens (including phenoxy) is 3. The number of hydrogen-bond acceptors (Lipinski definition) is 8. The molecule has 1 atom stereocenters. The molecule has 3 heterocycles. The van der Waals surface area contributed by atoms with Crippen molar-refractivity contribution in [2.45, 2.75) is 13.0 Å². The molecule has 1 fully saturated rings. The number of nitrogens with two attached hydrogens (primary N) is 1. The van der Waals surface area contributed by atoms with E-state index in [2.05, 4.69) is 14.9 Å². The van der Waals surface area contributed by atoms with Gasteiger partial charge in [-0.25, -0.2) is 14.4 Å². The minimum absolute atomic E-state index is 0.193. The van der Waals surface area contributed by atoms with Crippen LogP contribution in [0.3, 0.4) is 0 Å². The number of amides is 1. The van der Waals surface area contributed by atoms with Gasteiger partial charge in [-0.05, 0) is 42.8 Å². The number of halogens is 1. The fourth-order valence-electron chi connectivity index (χ4n) is 4.13. The molecular weight excluding hydrogens is 453 g/mol. The van der Waals surface area contributed by atoms with Crippen molar-refractivity contribution in [3.63, 3.8) is 0 Å². The third-order valence-electron chi connectivity index (χ3n) is 5.86. The van der Waals surface area contributed by atoms with Crippen molar-refractivity contribution in [3.8, 4) is 17.2 Å². The first-order chi connectivity index (χ1) is 16.9. The molecule has 0 spiro atoms. The number of benzene rings is 1. The molecule has 1 aliphatic heterocycles. The van der Waals surface area contributed by atoms with E-state index in [1.54, 1.807) is 24.3 Å². The van der Waals surface area contributed by atoms with E-state index in [1.165, 1.54) is 37.6 Å². The van der Waals surface area contributed by atoms with Crippen molar-refractivity contribution in [2.75, 3.05) is 51.1 Å². The van der Waals surface area contributed by atoms with Gasteiger partial charge < -0.3 is 29.7 Å². The molecular formula is C25H28FN5O4. The Morgan fingerprint density at radius 2 is 1.89 bits per heavy atom. The van der Waals surface area contributed by atoms with Crippen LogP contribution in [0.4, 0.5) is 15.9 Å². The van der Waals surface area contributed by atoms with Gasteiger partial charge in [0.2, 0.25) is 0 Å². The normalized spacial score (nSPS) is 15.7. The van der Waals surface area contributed by atoms with E-state index in [0.29, 0.717) is 49.3 Å². The summed E-state index contributed by atoms with van der Waals surface area (Å²) in [5.41, 5.74) is 8.03. The number of aromatic nitrogens is 2. The van der Waals surface area contributed by atoms with E-state index in [9.17, 15) is 9.18 Å². The van der Waals surface area contributed by atoms with E-state index in [1.807, 2.05) is 13.0 Å². The molecule has 1 aliphatic rings. The van der Waals surface area contributed by atoms with Gasteiger partial charge >= 0.3 is 0 Å². The van der Waals surface area contributed by atoms with Crippen LogP contribution >= 0.6 is 0 Å². The maximum absolute atomic E-state index is 13.4. The molecule has 2 N–H and O–H groups in total. The van der Waals surface area contributed by atoms with Gasteiger partial charge in [0.15, 0.2) is 11.5 Å². The van der Waals surface area contributed by atoms with E-state index < -0.39 is 0 Å². The van der Waals surface area contributed by atoms with Gasteiger partial charge in [0.05, 0.1) is 37.8 Å². The number of aryl methyl sites for hydroxylation is 1. The minimum Gasteiger partial charge on any atom is -0.493 e. The molecule has 0 aliphatic carbocycles. The van der Waals surface area contributed by atoms with Crippen molar-refractivity contribution in [1.29, 1.82) is 0 Å². The second-order valence-corrected chi connectivity index (χ2v) is 8.23. The lowest BCUT2D eigenvalue weighted by molar-refractivity contribution is 0.0494. The number of hydrogen-bond donors (Lipinski definition) is 1. The maximum Gasteiger partial charge on any atom is 0.273 e. The standard InChI is InChI=1S/C25H28FN5O4/c1-16-10-24(27)29-12-21(16)30-8-9-31(18(14-30)15-33-2)25(32)20-11-22(34-3)23(13-28-20)35-19-6-4-17(26)5-7-19/h4-7,10-13,18H,8-9,14-15H2,1-3H3,(H2,27,29)/t18-/m1/s1. The van der Waals surface area contributed by atoms with Gasteiger partial charge in [0.25, 0.3) is 5.91 Å². The average molecular weight is 482 g/mol. The molecule has 0 bridgehead atoms. The molecule has 1 aromatic carbocycles. The van der Waals surface area contributed by atoms with Crippen molar-refractivity contribution < 1.29 is 23.4 Å². The van der Waals surface area contributed by atoms with E-state index in [4.69, 9.17) is 19.9 Å². The molecule has 3 aromatic rings. The molecule has 184 valence electrons. The summed E-state index contributed by atoms with van der Waals surface area (Å²) in [5, 5.41) is 0. The molecule has 35 heavy (non-hydrogen) atoms. The lowest BCUT2D eigenvalue weighted by Gasteiger charge is -2.42. The van der Waals surface area contributed by atoms with Crippen molar-refractivity contribution >= 4 is 17.4 Å². The Bertz CT molecular complexity index is 1190. The minimum atomic E-state index is -0.364. The number of carbonyl (C=O) groups excluding carboxylic acids is 1. The van der Waals surface area contributed by atoms with Gasteiger partial charge in [0.1, 0.15) is 23.1 Å². The maximum atomic E-state index is 13.4. The van der Waals surface area contributed by atoms with E-state index in [0.717, 1.165) is 11.3 Å². The molecule has 1 amide bonds. The van der Waals surface area contributed by atoms with Crippen molar-refractivity contribution in [3.05, 3.63) is 65.9 Å². The third kappa shape index (κ3) is 5.43. The number of anilines is 2. The lowest BCUT2D eigenvalue weighted by atomic mass is 10.1. The van der Waals surface area contributed by atoms with Crippen LogP contribution in [0.25, 0.3) is 0 Å². The highest BCUT2D eigenvalue weighted by molar-refractivity contribution is 5.93.